The molecule has 1 aliphatic carbocycles. The molecule has 1 aromatic heterocycles. The number of likely N-dealkylation sites (tertiary alicyclic amines) is 1. The van der Waals surface area contributed by atoms with Crippen molar-refractivity contribution in [1.82, 2.24) is 15.1 Å². The van der Waals surface area contributed by atoms with E-state index in [0.717, 1.165) is 55.5 Å². The van der Waals surface area contributed by atoms with Crippen molar-refractivity contribution in [3.63, 3.8) is 0 Å². The quantitative estimate of drug-likeness (QED) is 0.914. The first-order chi connectivity index (χ1) is 12.2. The zero-order chi connectivity index (χ0) is 17.2. The zero-order valence-electron chi connectivity index (χ0n) is 14.2. The summed E-state index contributed by atoms with van der Waals surface area (Å²) in [7, 11) is 0. The number of carbonyl (C=O) groups is 1. The highest BCUT2D eigenvalue weighted by Gasteiger charge is 2.25. The minimum absolute atomic E-state index is 0.182. The van der Waals surface area contributed by atoms with Crippen molar-refractivity contribution in [2.75, 3.05) is 13.1 Å². The van der Waals surface area contributed by atoms with Gasteiger partial charge in [0, 0.05) is 36.8 Å². The number of aromatic nitrogens is 2. The van der Waals surface area contributed by atoms with Crippen molar-refractivity contribution in [2.45, 2.75) is 32.1 Å². The highest BCUT2D eigenvalue weighted by Crippen LogP contribution is 2.33. The fourth-order valence-corrected chi connectivity index (χ4v) is 3.87. The lowest BCUT2D eigenvalue weighted by Gasteiger charge is -2.27. The van der Waals surface area contributed by atoms with Crippen molar-refractivity contribution in [1.29, 1.82) is 0 Å². The molecule has 0 saturated carbocycles. The Kier molecular flexibility index (Phi) is 4.38. The summed E-state index contributed by atoms with van der Waals surface area (Å²) in [5, 5.41) is 6.66. The molecule has 0 unspecified atom stereocenters. The number of hydrogen-bond acceptors (Lipinski definition) is 2. The van der Waals surface area contributed by atoms with Crippen LogP contribution in [0.15, 0.2) is 36.7 Å². The summed E-state index contributed by atoms with van der Waals surface area (Å²) in [6.07, 6.45) is 10.1. The Hall–Kier alpha value is -2.43. The highest BCUT2D eigenvalue weighted by molar-refractivity contribution is 5.78. The third-order valence-electron chi connectivity index (χ3n) is 5.32. The second-order valence-corrected chi connectivity index (χ2v) is 6.99. The topological polar surface area (TPSA) is 49.0 Å². The average Bonchev–Trinajstić information content (AvgIpc) is 3.28. The van der Waals surface area contributed by atoms with Gasteiger partial charge in [-0.25, -0.2) is 4.39 Å². The Morgan fingerprint density at radius 2 is 2.20 bits per heavy atom. The summed E-state index contributed by atoms with van der Waals surface area (Å²) in [4.78, 5) is 13.8. The molecule has 130 valence electrons. The summed E-state index contributed by atoms with van der Waals surface area (Å²) in [6, 6.07) is 5.39. The number of H-pyrrole nitrogens is 1. The normalized spacial score (nSPS) is 20.8. The second-order valence-electron chi connectivity index (χ2n) is 6.99. The number of carbonyl (C=O) groups excluding carboxylic acids is 1. The number of allylic oxidation sites excluding steroid dienone is 2. The minimum Gasteiger partial charge on any atom is -0.342 e. The van der Waals surface area contributed by atoms with E-state index in [1.165, 1.54) is 0 Å². The molecule has 4 rings (SSSR count). The Balaban J connectivity index is 1.45. The first-order valence-electron chi connectivity index (χ1n) is 8.96. The first-order valence-corrected chi connectivity index (χ1v) is 8.96. The van der Waals surface area contributed by atoms with Crippen molar-refractivity contribution >= 4 is 11.5 Å². The predicted octanol–water partition coefficient (Wildman–Crippen LogP) is 4.02. The third kappa shape index (κ3) is 3.36. The number of nitrogens with one attached hydrogen (secondary N) is 1. The van der Waals surface area contributed by atoms with Gasteiger partial charge in [0.25, 0.3) is 0 Å². The minimum atomic E-state index is -0.182. The van der Waals surface area contributed by atoms with Crippen LogP contribution in [0.2, 0.25) is 0 Å². The molecule has 1 N–H and O–H groups in total. The molecule has 1 aliphatic heterocycles. The third-order valence-corrected chi connectivity index (χ3v) is 5.32. The Labute approximate surface area is 146 Å². The van der Waals surface area contributed by atoms with Crippen molar-refractivity contribution in [3.05, 3.63) is 48.0 Å². The number of nitrogens with zero attached hydrogens (tertiary/aromatic N) is 2. The van der Waals surface area contributed by atoms with Gasteiger partial charge in [-0.1, -0.05) is 18.2 Å². The number of rotatable bonds is 4. The van der Waals surface area contributed by atoms with E-state index in [4.69, 9.17) is 0 Å². The van der Waals surface area contributed by atoms with Crippen molar-refractivity contribution < 1.29 is 9.18 Å². The fourth-order valence-electron chi connectivity index (χ4n) is 3.87. The van der Waals surface area contributed by atoms with Crippen LogP contribution in [0.1, 0.15) is 37.7 Å². The molecule has 2 aromatic rings. The number of aromatic amines is 1. The van der Waals surface area contributed by atoms with E-state index < -0.39 is 0 Å². The fraction of sp³-hybridized carbons (Fsp3) is 0.400. The highest BCUT2D eigenvalue weighted by atomic mass is 19.1. The maximum Gasteiger partial charge on any atom is 0.222 e. The van der Waals surface area contributed by atoms with Crippen LogP contribution in [-0.2, 0) is 4.79 Å². The molecular formula is C20H22FN3O. The summed E-state index contributed by atoms with van der Waals surface area (Å²) >= 11 is 0. The number of benzene rings is 1. The van der Waals surface area contributed by atoms with Crippen LogP contribution < -0.4 is 0 Å². The van der Waals surface area contributed by atoms with E-state index in [1.807, 2.05) is 17.0 Å². The summed E-state index contributed by atoms with van der Waals surface area (Å²) in [5.41, 5.74) is 3.50. The van der Waals surface area contributed by atoms with E-state index in [1.54, 1.807) is 18.5 Å². The molecular weight excluding hydrogens is 317 g/mol. The van der Waals surface area contributed by atoms with Crippen LogP contribution in [-0.4, -0.2) is 34.1 Å². The number of amides is 1. The van der Waals surface area contributed by atoms with Gasteiger partial charge in [0.1, 0.15) is 5.82 Å². The average molecular weight is 339 g/mol. The van der Waals surface area contributed by atoms with Gasteiger partial charge in [-0.15, -0.1) is 0 Å². The smallest absolute Gasteiger partial charge is 0.222 e. The van der Waals surface area contributed by atoms with Gasteiger partial charge in [-0.05, 0) is 48.8 Å². The molecule has 1 aromatic carbocycles. The van der Waals surface area contributed by atoms with Gasteiger partial charge in [-0.3, -0.25) is 9.89 Å². The van der Waals surface area contributed by atoms with Crippen LogP contribution in [0, 0.1) is 11.7 Å². The molecule has 5 heteroatoms. The standard InChI is InChI=1S/C20H22FN3O/c21-19-10-16(17-11-22-23-12-17)7-8-18(19)15-5-3-14(4-6-15)13-24-9-1-2-20(24)25/h5,7-8,10-12,14H,1-4,6,9,13H2,(H,22,23)/t14-/m1/s1. The summed E-state index contributed by atoms with van der Waals surface area (Å²) in [5.74, 6) is 0.604. The molecule has 0 radical (unpaired) electrons. The molecule has 0 spiro atoms. The van der Waals surface area contributed by atoms with E-state index in [2.05, 4.69) is 16.3 Å². The van der Waals surface area contributed by atoms with Crippen LogP contribution in [0.4, 0.5) is 4.39 Å². The van der Waals surface area contributed by atoms with Crippen molar-refractivity contribution in [3.8, 4) is 11.1 Å². The Bertz CT molecular complexity index is 797. The van der Waals surface area contributed by atoms with Gasteiger partial charge in [0.2, 0.25) is 5.91 Å². The molecule has 0 bridgehead atoms. The molecule has 1 fully saturated rings. The van der Waals surface area contributed by atoms with Gasteiger partial charge in [0.05, 0.1) is 6.20 Å². The lowest BCUT2D eigenvalue weighted by atomic mass is 9.86. The van der Waals surface area contributed by atoms with E-state index >= 15 is 0 Å². The van der Waals surface area contributed by atoms with Gasteiger partial charge in [-0.2, -0.15) is 5.10 Å². The Morgan fingerprint density at radius 1 is 1.28 bits per heavy atom. The number of halogens is 1. The molecule has 2 aliphatic rings. The second kappa shape index (κ2) is 6.82. The molecule has 1 saturated heterocycles. The molecule has 25 heavy (non-hydrogen) atoms. The number of hydrogen-bond donors (Lipinski definition) is 1. The molecule has 4 nitrogen and oxygen atoms in total. The van der Waals surface area contributed by atoms with E-state index in [-0.39, 0.29) is 11.7 Å². The summed E-state index contributed by atoms with van der Waals surface area (Å²) < 4.78 is 14.6. The Morgan fingerprint density at radius 3 is 2.84 bits per heavy atom. The maximum atomic E-state index is 14.6. The van der Waals surface area contributed by atoms with Crippen LogP contribution in [0.25, 0.3) is 16.7 Å². The van der Waals surface area contributed by atoms with Gasteiger partial charge < -0.3 is 4.90 Å². The zero-order valence-corrected chi connectivity index (χ0v) is 14.2. The van der Waals surface area contributed by atoms with Crippen LogP contribution >= 0.6 is 0 Å². The van der Waals surface area contributed by atoms with Crippen molar-refractivity contribution in [2.24, 2.45) is 5.92 Å². The summed E-state index contributed by atoms with van der Waals surface area (Å²) in [6.45, 7) is 1.75. The largest absolute Gasteiger partial charge is 0.342 e. The molecule has 1 atom stereocenters. The molecule has 2 heterocycles. The van der Waals surface area contributed by atoms with E-state index in [9.17, 15) is 9.18 Å². The van der Waals surface area contributed by atoms with Crippen LogP contribution in [0.5, 0.6) is 0 Å². The molecule has 1 amide bonds. The van der Waals surface area contributed by atoms with Gasteiger partial charge >= 0.3 is 0 Å². The first kappa shape index (κ1) is 16.1. The van der Waals surface area contributed by atoms with E-state index in [0.29, 0.717) is 17.9 Å². The SMILES string of the molecule is O=C1CCCN1C[C@@H]1CC=C(c2ccc(-c3cn[nH]c3)cc2F)CC1. The monoisotopic (exact) mass is 339 g/mol. The maximum absolute atomic E-state index is 14.6. The predicted molar refractivity (Wildman–Crippen MR) is 95.1 cm³/mol. The van der Waals surface area contributed by atoms with Gasteiger partial charge in [0.15, 0.2) is 0 Å². The van der Waals surface area contributed by atoms with Crippen LogP contribution in [0.3, 0.4) is 0 Å². The lowest BCUT2D eigenvalue weighted by molar-refractivity contribution is -0.128. The lowest BCUT2D eigenvalue weighted by Crippen LogP contribution is -2.31.